The van der Waals surface area contributed by atoms with Crippen molar-refractivity contribution in [3.05, 3.63) is 12.2 Å². The van der Waals surface area contributed by atoms with E-state index in [2.05, 4.69) is 31.6 Å². The summed E-state index contributed by atoms with van der Waals surface area (Å²) in [7, 11) is 1.36. The molecule has 0 saturated heterocycles. The predicted molar refractivity (Wildman–Crippen MR) is 64.8 cm³/mol. The second-order valence-corrected chi connectivity index (χ2v) is 5.66. The number of ether oxygens (including phenoxy) is 1. The number of nitrogens with two attached hydrogens (primary N) is 1. The van der Waals surface area contributed by atoms with Gasteiger partial charge in [-0.1, -0.05) is 32.9 Å². The molecule has 2 atom stereocenters. The number of esters is 1. The van der Waals surface area contributed by atoms with Crippen LogP contribution in [0.3, 0.4) is 0 Å². The molecule has 0 amide bonds. The molecule has 0 aromatic carbocycles. The van der Waals surface area contributed by atoms with Crippen LogP contribution in [0.2, 0.25) is 0 Å². The Morgan fingerprint density at radius 2 is 1.94 bits per heavy atom. The maximum Gasteiger partial charge on any atom is 0.326 e. The van der Waals surface area contributed by atoms with Gasteiger partial charge in [0.1, 0.15) is 6.04 Å². The Bertz CT molecular complexity index is 274. The van der Waals surface area contributed by atoms with Crippen LogP contribution in [0.25, 0.3) is 0 Å². The Hall–Kier alpha value is -0.830. The van der Waals surface area contributed by atoms with Crippen molar-refractivity contribution in [3.8, 4) is 0 Å². The zero-order valence-corrected chi connectivity index (χ0v) is 10.7. The molecule has 3 nitrogen and oxygen atoms in total. The number of methoxy groups -OCH3 is 1. The smallest absolute Gasteiger partial charge is 0.326 e. The van der Waals surface area contributed by atoms with E-state index >= 15 is 0 Å². The maximum absolute atomic E-state index is 11.2. The molecule has 2 N–H and O–H groups in total. The van der Waals surface area contributed by atoms with E-state index in [0.717, 1.165) is 5.92 Å². The summed E-state index contributed by atoms with van der Waals surface area (Å²) in [6.45, 7) is 6.68. The van der Waals surface area contributed by atoms with E-state index in [1.165, 1.54) is 20.0 Å². The lowest BCUT2D eigenvalue weighted by Crippen LogP contribution is -2.30. The van der Waals surface area contributed by atoms with E-state index in [4.69, 9.17) is 5.73 Å². The zero-order valence-electron chi connectivity index (χ0n) is 10.7. The summed E-state index contributed by atoms with van der Waals surface area (Å²) in [6, 6.07) is -0.631. The molecule has 16 heavy (non-hydrogen) atoms. The van der Waals surface area contributed by atoms with E-state index in [9.17, 15) is 4.79 Å². The monoisotopic (exact) mass is 225 g/mol. The number of hydrogen-bond donors (Lipinski definition) is 1. The van der Waals surface area contributed by atoms with Gasteiger partial charge < -0.3 is 10.5 Å². The summed E-state index contributed by atoms with van der Waals surface area (Å²) in [5.74, 6) is 0.893. The van der Waals surface area contributed by atoms with Gasteiger partial charge in [-0.15, -0.1) is 0 Å². The Morgan fingerprint density at radius 1 is 1.38 bits per heavy atom. The zero-order chi connectivity index (χ0) is 12.3. The molecule has 0 spiro atoms. The van der Waals surface area contributed by atoms with Gasteiger partial charge in [0.2, 0.25) is 0 Å². The fraction of sp³-hybridized carbons (Fsp3) is 0.769. The molecule has 1 saturated carbocycles. The van der Waals surface area contributed by atoms with Gasteiger partial charge >= 0.3 is 5.97 Å². The predicted octanol–water partition coefficient (Wildman–Crippen LogP) is 2.12. The molecule has 3 heteroatoms. The van der Waals surface area contributed by atoms with Crippen molar-refractivity contribution < 1.29 is 9.53 Å². The first-order valence-corrected chi connectivity index (χ1v) is 5.88. The average molecular weight is 225 g/mol. The molecule has 1 rings (SSSR count). The van der Waals surface area contributed by atoms with E-state index < -0.39 is 6.04 Å². The Balaban J connectivity index is 2.61. The van der Waals surface area contributed by atoms with Crippen molar-refractivity contribution in [1.82, 2.24) is 0 Å². The summed E-state index contributed by atoms with van der Waals surface area (Å²) in [6.07, 6.45) is 6.46. The van der Waals surface area contributed by atoms with Gasteiger partial charge in [-0.25, -0.2) is 0 Å². The minimum absolute atomic E-state index is 0.230. The van der Waals surface area contributed by atoms with Crippen molar-refractivity contribution in [1.29, 1.82) is 0 Å². The molecule has 0 aromatic heterocycles. The quantitative estimate of drug-likeness (QED) is 0.589. The molecule has 2 unspecified atom stereocenters. The van der Waals surface area contributed by atoms with Gasteiger partial charge in [0, 0.05) is 0 Å². The van der Waals surface area contributed by atoms with Crippen LogP contribution in [-0.4, -0.2) is 19.1 Å². The minimum Gasteiger partial charge on any atom is -0.468 e. The van der Waals surface area contributed by atoms with Gasteiger partial charge in [-0.2, -0.15) is 0 Å². The summed E-state index contributed by atoms with van der Waals surface area (Å²) in [5.41, 5.74) is 5.91. The first-order valence-electron chi connectivity index (χ1n) is 5.88. The molecular weight excluding hydrogens is 202 g/mol. The van der Waals surface area contributed by atoms with E-state index in [-0.39, 0.29) is 11.4 Å². The van der Waals surface area contributed by atoms with Crippen molar-refractivity contribution >= 4 is 5.97 Å². The van der Waals surface area contributed by atoms with E-state index in [1.54, 1.807) is 6.08 Å². The van der Waals surface area contributed by atoms with Crippen LogP contribution in [0.1, 0.15) is 33.6 Å². The lowest BCUT2D eigenvalue weighted by Gasteiger charge is -2.28. The lowest BCUT2D eigenvalue weighted by molar-refractivity contribution is -0.140. The van der Waals surface area contributed by atoms with Crippen LogP contribution in [-0.2, 0) is 9.53 Å². The van der Waals surface area contributed by atoms with Crippen LogP contribution >= 0.6 is 0 Å². The van der Waals surface area contributed by atoms with Gasteiger partial charge in [-0.3, -0.25) is 4.79 Å². The number of allylic oxidation sites excluding steroid dienone is 1. The summed E-state index contributed by atoms with van der Waals surface area (Å²) in [5, 5.41) is 0. The third-order valence-corrected chi connectivity index (χ3v) is 3.13. The number of hydrogen-bond acceptors (Lipinski definition) is 3. The number of carbonyl (C=O) groups is 1. The topological polar surface area (TPSA) is 52.3 Å². The molecule has 0 aromatic rings. The minimum atomic E-state index is -0.631. The number of rotatable bonds is 4. The Kier molecular flexibility index (Phi) is 4.14. The fourth-order valence-corrected chi connectivity index (χ4v) is 2.06. The summed E-state index contributed by atoms with van der Waals surface area (Å²) < 4.78 is 4.59. The van der Waals surface area contributed by atoms with Crippen LogP contribution in [0.5, 0.6) is 0 Å². The lowest BCUT2D eigenvalue weighted by atomic mass is 9.77. The summed E-state index contributed by atoms with van der Waals surface area (Å²) >= 11 is 0. The van der Waals surface area contributed by atoms with Crippen LogP contribution in [0.15, 0.2) is 12.2 Å². The van der Waals surface area contributed by atoms with E-state index in [0.29, 0.717) is 5.92 Å². The molecular formula is C13H23NO2. The molecule has 1 aliphatic rings. The second kappa shape index (κ2) is 5.00. The van der Waals surface area contributed by atoms with Crippen molar-refractivity contribution in [2.24, 2.45) is 23.0 Å². The molecule has 1 aliphatic carbocycles. The standard InChI is InChI=1S/C13H23NO2/c1-13(2,3)10(9-5-6-9)7-8-11(14)12(15)16-4/h7-11H,5-6,14H2,1-4H3/b8-7+. The second-order valence-electron chi connectivity index (χ2n) is 5.66. The van der Waals surface area contributed by atoms with Gasteiger partial charge in [-0.05, 0) is 30.1 Å². The normalized spacial score (nSPS) is 20.8. The highest BCUT2D eigenvalue weighted by Crippen LogP contribution is 2.46. The first kappa shape index (κ1) is 13.2. The van der Waals surface area contributed by atoms with Crippen molar-refractivity contribution in [2.45, 2.75) is 39.7 Å². The highest BCUT2D eigenvalue weighted by molar-refractivity contribution is 5.77. The largest absolute Gasteiger partial charge is 0.468 e. The van der Waals surface area contributed by atoms with Gasteiger partial charge in [0.05, 0.1) is 7.11 Å². The van der Waals surface area contributed by atoms with Crippen molar-refractivity contribution in [2.75, 3.05) is 7.11 Å². The third kappa shape index (κ3) is 3.63. The maximum atomic E-state index is 11.2. The van der Waals surface area contributed by atoms with Gasteiger partial charge in [0.25, 0.3) is 0 Å². The van der Waals surface area contributed by atoms with Crippen LogP contribution in [0.4, 0.5) is 0 Å². The highest BCUT2D eigenvalue weighted by Gasteiger charge is 2.36. The average Bonchev–Trinajstić information content (AvgIpc) is 2.98. The van der Waals surface area contributed by atoms with Crippen LogP contribution < -0.4 is 5.73 Å². The fourth-order valence-electron chi connectivity index (χ4n) is 2.06. The summed E-state index contributed by atoms with van der Waals surface area (Å²) in [4.78, 5) is 11.2. The van der Waals surface area contributed by atoms with Gasteiger partial charge in [0.15, 0.2) is 0 Å². The molecule has 0 heterocycles. The molecule has 0 radical (unpaired) electrons. The molecule has 1 fully saturated rings. The van der Waals surface area contributed by atoms with Crippen LogP contribution in [0, 0.1) is 17.3 Å². The molecule has 92 valence electrons. The Morgan fingerprint density at radius 3 is 2.31 bits per heavy atom. The Labute approximate surface area is 98.0 Å². The highest BCUT2D eigenvalue weighted by atomic mass is 16.5. The molecule has 0 bridgehead atoms. The number of carbonyl (C=O) groups excluding carboxylic acids is 1. The first-order chi connectivity index (χ1) is 7.36. The van der Waals surface area contributed by atoms with E-state index in [1.807, 2.05) is 0 Å². The van der Waals surface area contributed by atoms with Crippen molar-refractivity contribution in [3.63, 3.8) is 0 Å². The third-order valence-electron chi connectivity index (χ3n) is 3.13. The SMILES string of the molecule is COC(=O)C(N)/C=C/C(C1CC1)C(C)(C)C. The molecule has 0 aliphatic heterocycles.